The Hall–Kier alpha value is -1.84. The summed E-state index contributed by atoms with van der Waals surface area (Å²) in [6.45, 7) is 11.1. The Morgan fingerprint density at radius 3 is 2.21 bits per heavy atom. The minimum Gasteiger partial charge on any atom is -0.372 e. The number of nitrogens with one attached hydrogen (secondary N) is 1. The van der Waals surface area contributed by atoms with E-state index in [0.29, 0.717) is 16.7 Å². The molecule has 0 aliphatic heterocycles. The molecule has 152 valence electrons. The molecule has 0 aromatic heterocycles. The summed E-state index contributed by atoms with van der Waals surface area (Å²) in [7, 11) is 0. The smallest absolute Gasteiger partial charge is 0.246 e. The van der Waals surface area contributed by atoms with Crippen molar-refractivity contribution in [3.8, 4) is 0 Å². The number of amides is 1. The lowest BCUT2D eigenvalue weighted by atomic mass is 9.40. The van der Waals surface area contributed by atoms with Crippen molar-refractivity contribution in [1.82, 2.24) is 5.43 Å². The number of hydrogen-bond donors (Lipinski definition) is 1. The van der Waals surface area contributed by atoms with Crippen LogP contribution in [0.1, 0.15) is 71.8 Å². The van der Waals surface area contributed by atoms with Gasteiger partial charge in [0.25, 0.3) is 0 Å². The van der Waals surface area contributed by atoms with E-state index in [4.69, 9.17) is 0 Å². The van der Waals surface area contributed by atoms with E-state index in [0.717, 1.165) is 37.9 Å². The first-order valence-corrected chi connectivity index (χ1v) is 11.0. The molecule has 4 heteroatoms. The van der Waals surface area contributed by atoms with Crippen molar-refractivity contribution in [2.45, 2.75) is 66.2 Å². The van der Waals surface area contributed by atoms with Crippen molar-refractivity contribution in [3.05, 3.63) is 29.8 Å². The van der Waals surface area contributed by atoms with Crippen LogP contribution >= 0.6 is 0 Å². The summed E-state index contributed by atoms with van der Waals surface area (Å²) in [5, 5.41) is 4.32. The summed E-state index contributed by atoms with van der Waals surface area (Å²) in [4.78, 5) is 15.5. The number of anilines is 1. The molecule has 4 nitrogen and oxygen atoms in total. The standard InChI is InChI=1S/C24H35N3O/c1-5-27(6-2)20-9-7-18(8-10-20)14-25-26-21(28)24-13-19-11-22(3,16-24)15-23(4,12-19)17-24/h7-10,14,19H,5-6,11-13,15-17H2,1-4H3,(H,26,28). The van der Waals surface area contributed by atoms with Crippen LogP contribution in [0.3, 0.4) is 0 Å². The number of carbonyl (C=O) groups excluding carboxylic acids is 1. The topological polar surface area (TPSA) is 44.7 Å². The lowest BCUT2D eigenvalue weighted by Crippen LogP contribution is -2.59. The summed E-state index contributed by atoms with van der Waals surface area (Å²) in [5.41, 5.74) is 5.62. The predicted octanol–water partition coefficient (Wildman–Crippen LogP) is 4.98. The van der Waals surface area contributed by atoms with E-state index in [9.17, 15) is 4.79 Å². The van der Waals surface area contributed by atoms with Crippen LogP contribution in [0.15, 0.2) is 29.4 Å². The molecule has 1 aromatic rings. The third-order valence-electron chi connectivity index (χ3n) is 7.51. The van der Waals surface area contributed by atoms with Crippen molar-refractivity contribution in [3.63, 3.8) is 0 Å². The van der Waals surface area contributed by atoms with Crippen molar-refractivity contribution in [1.29, 1.82) is 0 Å². The second-order valence-electron chi connectivity index (χ2n) is 10.4. The van der Waals surface area contributed by atoms with E-state index in [1.807, 2.05) is 0 Å². The van der Waals surface area contributed by atoms with E-state index in [1.54, 1.807) is 6.21 Å². The van der Waals surface area contributed by atoms with E-state index < -0.39 is 0 Å². The van der Waals surface area contributed by atoms with Crippen LogP contribution in [-0.2, 0) is 4.79 Å². The van der Waals surface area contributed by atoms with Gasteiger partial charge in [0.05, 0.1) is 11.6 Å². The molecule has 0 heterocycles. The zero-order valence-electron chi connectivity index (χ0n) is 17.9. The van der Waals surface area contributed by atoms with Crippen molar-refractivity contribution < 1.29 is 4.79 Å². The molecule has 4 fully saturated rings. The lowest BCUT2D eigenvalue weighted by Gasteiger charge is -2.64. The highest BCUT2D eigenvalue weighted by molar-refractivity contribution is 5.86. The SMILES string of the molecule is CCN(CC)c1ccc(C=NNC(=O)C23CC4CC(C)(CC(C)(C4)C2)C3)cc1. The van der Waals surface area contributed by atoms with E-state index in [1.165, 1.54) is 24.9 Å². The minimum atomic E-state index is -0.202. The fourth-order valence-corrected chi connectivity index (χ4v) is 7.34. The quantitative estimate of drug-likeness (QED) is 0.558. The van der Waals surface area contributed by atoms with Gasteiger partial charge < -0.3 is 4.90 Å². The first-order valence-electron chi connectivity index (χ1n) is 11.0. The molecule has 4 aliphatic rings. The van der Waals surface area contributed by atoms with Gasteiger partial charge in [-0.05, 0) is 86.8 Å². The van der Waals surface area contributed by atoms with E-state index in [-0.39, 0.29) is 11.3 Å². The molecule has 1 aromatic carbocycles. The van der Waals surface area contributed by atoms with Crippen LogP contribution in [0, 0.1) is 22.2 Å². The average molecular weight is 382 g/mol. The molecule has 1 amide bonds. The Kier molecular flexibility index (Phi) is 4.79. The van der Waals surface area contributed by atoms with E-state index in [2.05, 4.69) is 67.4 Å². The molecule has 2 atom stereocenters. The summed E-state index contributed by atoms with van der Waals surface area (Å²) in [5.74, 6) is 0.860. The molecule has 0 saturated heterocycles. The Balaban J connectivity index is 1.42. The maximum absolute atomic E-state index is 13.2. The lowest BCUT2D eigenvalue weighted by molar-refractivity contribution is -0.170. The van der Waals surface area contributed by atoms with Crippen LogP contribution in [0.25, 0.3) is 0 Å². The zero-order chi connectivity index (χ0) is 20.0. The third kappa shape index (κ3) is 3.46. The Morgan fingerprint density at radius 1 is 1.07 bits per heavy atom. The van der Waals surface area contributed by atoms with E-state index >= 15 is 0 Å². The summed E-state index contributed by atoms with van der Waals surface area (Å²) in [6, 6.07) is 8.38. The maximum Gasteiger partial charge on any atom is 0.246 e. The monoisotopic (exact) mass is 381 g/mol. The molecular weight excluding hydrogens is 346 g/mol. The zero-order valence-corrected chi connectivity index (χ0v) is 17.9. The molecule has 4 aliphatic carbocycles. The molecule has 28 heavy (non-hydrogen) atoms. The summed E-state index contributed by atoms with van der Waals surface area (Å²) >= 11 is 0. The van der Waals surface area contributed by atoms with Crippen LogP contribution in [0.4, 0.5) is 5.69 Å². The summed E-state index contributed by atoms with van der Waals surface area (Å²) in [6.07, 6.45) is 8.79. The fourth-order valence-electron chi connectivity index (χ4n) is 7.34. The number of nitrogens with zero attached hydrogens (tertiary/aromatic N) is 2. The molecule has 4 saturated carbocycles. The summed E-state index contributed by atoms with van der Waals surface area (Å²) < 4.78 is 0. The van der Waals surface area contributed by atoms with Gasteiger partial charge in [0.15, 0.2) is 0 Å². The number of benzene rings is 1. The molecule has 0 radical (unpaired) electrons. The highest BCUT2D eigenvalue weighted by Crippen LogP contribution is 2.69. The van der Waals surface area contributed by atoms with Gasteiger partial charge >= 0.3 is 0 Å². The number of hydrazone groups is 1. The van der Waals surface area contributed by atoms with Gasteiger partial charge in [-0.3, -0.25) is 4.79 Å². The van der Waals surface area contributed by atoms with Crippen molar-refractivity contribution >= 4 is 17.8 Å². The molecule has 5 rings (SSSR count). The average Bonchev–Trinajstić information content (AvgIpc) is 2.61. The first-order chi connectivity index (χ1) is 13.3. The van der Waals surface area contributed by atoms with Crippen LogP contribution in [-0.4, -0.2) is 25.2 Å². The molecule has 0 spiro atoms. The third-order valence-corrected chi connectivity index (χ3v) is 7.51. The highest BCUT2D eigenvalue weighted by Gasteiger charge is 2.62. The van der Waals surface area contributed by atoms with Gasteiger partial charge in [-0.15, -0.1) is 0 Å². The predicted molar refractivity (Wildman–Crippen MR) is 116 cm³/mol. The number of carbonyl (C=O) groups is 1. The second-order valence-corrected chi connectivity index (χ2v) is 10.4. The van der Waals surface area contributed by atoms with Crippen molar-refractivity contribution in [2.75, 3.05) is 18.0 Å². The van der Waals surface area contributed by atoms with Gasteiger partial charge in [-0.1, -0.05) is 26.0 Å². The molecular formula is C24H35N3O. The Morgan fingerprint density at radius 2 is 1.68 bits per heavy atom. The normalized spacial score (nSPS) is 36.1. The number of hydrogen-bond acceptors (Lipinski definition) is 3. The van der Waals surface area contributed by atoms with Crippen LogP contribution in [0.5, 0.6) is 0 Å². The molecule has 2 unspecified atom stereocenters. The fraction of sp³-hybridized carbons (Fsp3) is 0.667. The Labute approximate surface area is 169 Å². The minimum absolute atomic E-state index is 0.144. The largest absolute Gasteiger partial charge is 0.372 e. The maximum atomic E-state index is 13.2. The van der Waals surface area contributed by atoms with Crippen molar-refractivity contribution in [2.24, 2.45) is 27.3 Å². The number of rotatable bonds is 6. The second kappa shape index (κ2) is 6.89. The Bertz CT molecular complexity index is 747. The first kappa shape index (κ1) is 19.5. The van der Waals surface area contributed by atoms with Crippen LogP contribution in [0.2, 0.25) is 0 Å². The van der Waals surface area contributed by atoms with Crippen LogP contribution < -0.4 is 10.3 Å². The van der Waals surface area contributed by atoms with Gasteiger partial charge in [-0.25, -0.2) is 5.43 Å². The van der Waals surface area contributed by atoms with Gasteiger partial charge in [0.1, 0.15) is 0 Å². The highest BCUT2D eigenvalue weighted by atomic mass is 16.2. The van der Waals surface area contributed by atoms with Gasteiger partial charge in [0, 0.05) is 18.8 Å². The molecule has 4 bridgehead atoms. The molecule has 1 N–H and O–H groups in total. The van der Waals surface area contributed by atoms with Gasteiger partial charge in [0.2, 0.25) is 5.91 Å². The van der Waals surface area contributed by atoms with Gasteiger partial charge in [-0.2, -0.15) is 5.10 Å².